The predicted molar refractivity (Wildman–Crippen MR) is 79.5 cm³/mol. The first-order valence-corrected chi connectivity index (χ1v) is 9.65. The molecule has 0 aromatic carbocycles. The van der Waals surface area contributed by atoms with E-state index >= 15 is 0 Å². The monoisotopic (exact) mass is 369 g/mol. The molecule has 1 unspecified atom stereocenters. The first-order chi connectivity index (χ1) is 7.38. The van der Waals surface area contributed by atoms with Crippen molar-refractivity contribution in [1.82, 2.24) is 4.98 Å². The van der Waals surface area contributed by atoms with Gasteiger partial charge in [-0.15, -0.1) is 5.73 Å². The van der Waals surface area contributed by atoms with Crippen molar-refractivity contribution in [2.24, 2.45) is 11.3 Å². The molecule has 0 aromatic heterocycles. The van der Waals surface area contributed by atoms with Gasteiger partial charge >= 0.3 is 21.7 Å². The van der Waals surface area contributed by atoms with Crippen molar-refractivity contribution in [2.75, 3.05) is 0 Å². The summed E-state index contributed by atoms with van der Waals surface area (Å²) >= 11 is 0. The van der Waals surface area contributed by atoms with Gasteiger partial charge in [-0.3, -0.25) is 0 Å². The summed E-state index contributed by atoms with van der Waals surface area (Å²) in [5, 5.41) is 1.55. The molecule has 0 heterocycles. The largest absolute Gasteiger partial charge is 2.00 e. The van der Waals surface area contributed by atoms with E-state index in [1.54, 1.807) is 5.20 Å². The smallest absolute Gasteiger partial charge is 1.00 e. The van der Waals surface area contributed by atoms with E-state index in [-0.39, 0.29) is 57.5 Å². The van der Waals surface area contributed by atoms with Crippen molar-refractivity contribution in [3.63, 3.8) is 0 Å². The van der Waals surface area contributed by atoms with E-state index in [0.717, 1.165) is 0 Å². The van der Waals surface area contributed by atoms with E-state index in [2.05, 4.69) is 72.3 Å². The molecule has 1 N–H and O–H groups in total. The van der Waals surface area contributed by atoms with E-state index in [9.17, 15) is 0 Å². The molecule has 0 aromatic rings. The molecule has 1 aliphatic carbocycles. The molecule has 116 valence electrons. The maximum atomic E-state index is 3.85. The van der Waals surface area contributed by atoms with Gasteiger partial charge in [-0.25, -0.2) is 0 Å². The zero-order valence-corrected chi connectivity index (χ0v) is 18.4. The summed E-state index contributed by atoms with van der Waals surface area (Å²) in [6.07, 6.45) is 0. The molecule has 1 aliphatic rings. The van der Waals surface area contributed by atoms with E-state index < -0.39 is 8.24 Å². The molecule has 0 spiro atoms. The molecule has 5 heteroatoms. The molecule has 0 saturated carbocycles. The first-order valence-electron chi connectivity index (χ1n) is 6.65. The van der Waals surface area contributed by atoms with Crippen molar-refractivity contribution in [3.8, 4) is 0 Å². The van der Waals surface area contributed by atoms with Gasteiger partial charge in [0.05, 0.1) is 0 Å². The number of hydrogen-bond acceptors (Lipinski definition) is 1. The first kappa shape index (κ1) is 25.9. The van der Waals surface area contributed by atoms with Gasteiger partial charge in [0.1, 0.15) is 0 Å². The Labute approximate surface area is 154 Å². The molecule has 1 rings (SSSR count). The van der Waals surface area contributed by atoms with Crippen molar-refractivity contribution in [1.29, 1.82) is 0 Å². The summed E-state index contributed by atoms with van der Waals surface area (Å²) in [7, 11) is -1.56. The van der Waals surface area contributed by atoms with Crippen LogP contribution in [0.4, 0.5) is 0 Å². The van der Waals surface area contributed by atoms with Crippen LogP contribution < -0.4 is 29.8 Å². The molecule has 20 heavy (non-hydrogen) atoms. The molecular formula is C15H29Cl2NSiTi. The van der Waals surface area contributed by atoms with Crippen LogP contribution in [0.3, 0.4) is 0 Å². The Hall–Kier alpha value is 0.991. The van der Waals surface area contributed by atoms with Gasteiger partial charge in [0.2, 0.25) is 0 Å². The van der Waals surface area contributed by atoms with Crippen molar-refractivity contribution >= 4 is 8.24 Å². The Bertz CT molecular complexity index is 391. The maximum absolute atomic E-state index is 3.85. The summed E-state index contributed by atoms with van der Waals surface area (Å²) < 4.78 is 0. The molecule has 1 atom stereocenters. The molecule has 0 saturated heterocycles. The Kier molecular flexibility index (Phi) is 10.4. The maximum Gasteiger partial charge on any atom is 2.00 e. The normalized spacial score (nSPS) is 20.9. The topological polar surface area (TPSA) is 12.0 Å². The second kappa shape index (κ2) is 8.02. The Morgan fingerprint density at radius 3 is 1.80 bits per heavy atom. The van der Waals surface area contributed by atoms with E-state index in [0.29, 0.717) is 5.92 Å². The third kappa shape index (κ3) is 5.65. The van der Waals surface area contributed by atoms with Crippen LogP contribution in [-0.2, 0) is 21.7 Å². The van der Waals surface area contributed by atoms with Crippen LogP contribution in [0, 0.1) is 11.3 Å². The summed E-state index contributed by atoms with van der Waals surface area (Å²) in [5.74, 6) is 0.610. The molecular weight excluding hydrogens is 341 g/mol. The summed E-state index contributed by atoms with van der Waals surface area (Å²) in [6, 6.07) is 0. The number of nitrogens with one attached hydrogen (secondary N) is 1. The summed E-state index contributed by atoms with van der Waals surface area (Å²) in [5.41, 5.74) is 5.56. The fourth-order valence-electron chi connectivity index (χ4n) is 2.86. The average Bonchev–Trinajstić information content (AvgIpc) is 2.25. The number of hydrogen-bond donors (Lipinski definition) is 1. The fraction of sp³-hybridized carbons (Fsp3) is 0.800. The Morgan fingerprint density at radius 1 is 1.15 bits per heavy atom. The van der Waals surface area contributed by atoms with Crippen molar-refractivity contribution < 1.29 is 46.5 Å². The van der Waals surface area contributed by atoms with Crippen LogP contribution >= 0.6 is 0 Å². The average molecular weight is 370 g/mol. The Morgan fingerprint density at radius 2 is 1.55 bits per heavy atom. The molecule has 0 bridgehead atoms. The van der Waals surface area contributed by atoms with E-state index in [4.69, 9.17) is 0 Å². The minimum atomic E-state index is -1.56. The van der Waals surface area contributed by atoms with Gasteiger partial charge in [0.25, 0.3) is 0 Å². The van der Waals surface area contributed by atoms with Crippen LogP contribution in [0.2, 0.25) is 13.1 Å². The summed E-state index contributed by atoms with van der Waals surface area (Å²) in [4.78, 5) is 3.85. The second-order valence-corrected chi connectivity index (χ2v) is 11.6. The standard InChI is InChI=1S/C15H29NSi.2ClH.Ti/c1-11-10-13(12(2)15(11,6)7)17(8,9)16-14(3,4)5;;;/h12,16H,1-9H3;2*1H;/q;;;+2/p-2. The minimum Gasteiger partial charge on any atom is -1.00 e. The van der Waals surface area contributed by atoms with Crippen LogP contribution in [0.25, 0.3) is 0 Å². The number of allylic oxidation sites excluding steroid dienone is 1. The third-order valence-corrected chi connectivity index (χ3v) is 7.44. The quantitative estimate of drug-likeness (QED) is 0.450. The van der Waals surface area contributed by atoms with Gasteiger partial charge in [0.15, 0.2) is 8.24 Å². The van der Waals surface area contributed by atoms with Gasteiger partial charge < -0.3 is 29.8 Å². The van der Waals surface area contributed by atoms with Crippen LogP contribution in [-0.4, -0.2) is 13.8 Å². The van der Waals surface area contributed by atoms with Crippen molar-refractivity contribution in [3.05, 3.63) is 16.5 Å². The molecule has 0 aliphatic heterocycles. The van der Waals surface area contributed by atoms with E-state index in [1.165, 1.54) is 5.57 Å². The molecule has 0 fully saturated rings. The van der Waals surface area contributed by atoms with Gasteiger partial charge in [-0.1, -0.05) is 33.9 Å². The van der Waals surface area contributed by atoms with Gasteiger partial charge in [-0.05, 0) is 49.8 Å². The second-order valence-electron chi connectivity index (χ2n) is 7.61. The third-order valence-electron chi connectivity index (χ3n) is 4.17. The molecule has 0 radical (unpaired) electrons. The Balaban J connectivity index is -0.000000963. The number of rotatable bonds is 2. The van der Waals surface area contributed by atoms with Gasteiger partial charge in [-0.2, -0.15) is 0 Å². The molecule has 1 nitrogen and oxygen atoms in total. The van der Waals surface area contributed by atoms with Crippen LogP contribution in [0.15, 0.2) is 16.5 Å². The van der Waals surface area contributed by atoms with Crippen molar-refractivity contribution in [2.45, 2.75) is 67.1 Å². The molecule has 0 amide bonds. The van der Waals surface area contributed by atoms with Gasteiger partial charge in [0, 0.05) is 5.54 Å². The predicted octanol–water partition coefficient (Wildman–Crippen LogP) is -1.73. The number of halogens is 2. The van der Waals surface area contributed by atoms with Crippen LogP contribution in [0.1, 0.15) is 48.5 Å². The zero-order chi connectivity index (χ0) is 13.6. The van der Waals surface area contributed by atoms with Crippen LogP contribution in [0.5, 0.6) is 0 Å². The fourth-order valence-corrected chi connectivity index (χ4v) is 6.81. The SMILES string of the molecule is CC1=C=C([Si](C)(C)NC(C)(C)C)C(C)C1(C)C.[Cl-].[Cl-].[Ti+2]. The van der Waals surface area contributed by atoms with E-state index in [1.807, 2.05) is 0 Å². The zero-order valence-electron chi connectivity index (χ0n) is 14.3. The minimum absolute atomic E-state index is 0. The summed E-state index contributed by atoms with van der Waals surface area (Å²) in [6.45, 7) is 20.8.